The highest BCUT2D eigenvalue weighted by atomic mass is 32.2. The van der Waals surface area contributed by atoms with Gasteiger partial charge >= 0.3 is 0 Å². The quantitative estimate of drug-likeness (QED) is 0.840. The van der Waals surface area contributed by atoms with E-state index in [1.807, 2.05) is 0 Å². The van der Waals surface area contributed by atoms with Crippen molar-refractivity contribution >= 4 is 10.0 Å². The zero-order chi connectivity index (χ0) is 15.7. The van der Waals surface area contributed by atoms with E-state index in [0.717, 1.165) is 6.07 Å². The minimum atomic E-state index is -3.82. The van der Waals surface area contributed by atoms with Gasteiger partial charge in [0.15, 0.2) is 0 Å². The highest BCUT2D eigenvalue weighted by Crippen LogP contribution is 2.31. The molecule has 1 aliphatic rings. The summed E-state index contributed by atoms with van der Waals surface area (Å²) in [4.78, 5) is -0.158. The molecule has 118 valence electrons. The maximum atomic E-state index is 13.4. The van der Waals surface area contributed by atoms with Gasteiger partial charge in [0.25, 0.3) is 0 Å². The number of sulfonamides is 1. The summed E-state index contributed by atoms with van der Waals surface area (Å²) >= 11 is 0. The van der Waals surface area contributed by atoms with Crippen molar-refractivity contribution < 1.29 is 17.5 Å². The molecule has 1 unspecified atom stereocenters. The van der Waals surface area contributed by atoms with Gasteiger partial charge < -0.3 is 4.74 Å². The molecule has 1 saturated heterocycles. The van der Waals surface area contributed by atoms with Gasteiger partial charge in [-0.15, -0.1) is 5.10 Å². The van der Waals surface area contributed by atoms with Crippen molar-refractivity contribution in [2.75, 3.05) is 20.2 Å². The molecule has 3 rings (SSSR count). The molecule has 7 nitrogen and oxygen atoms in total. The second-order valence-corrected chi connectivity index (χ2v) is 6.89. The van der Waals surface area contributed by atoms with Crippen LogP contribution in [0.2, 0.25) is 0 Å². The molecule has 22 heavy (non-hydrogen) atoms. The summed E-state index contributed by atoms with van der Waals surface area (Å²) in [5, 5.41) is 7.62. The smallest absolute Gasteiger partial charge is 0.246 e. The number of nitrogens with zero attached hydrogens (tertiary/aromatic N) is 4. The van der Waals surface area contributed by atoms with E-state index >= 15 is 0 Å². The van der Waals surface area contributed by atoms with Crippen LogP contribution in [0.5, 0.6) is 5.75 Å². The Hall–Kier alpha value is -2.00. The number of methoxy groups -OCH3 is 1. The Morgan fingerprint density at radius 1 is 1.41 bits per heavy atom. The first-order valence-corrected chi connectivity index (χ1v) is 8.16. The molecule has 0 radical (unpaired) electrons. The zero-order valence-corrected chi connectivity index (χ0v) is 12.7. The summed E-state index contributed by atoms with van der Waals surface area (Å²) in [6.45, 7) is 0.609. The zero-order valence-electron chi connectivity index (χ0n) is 11.9. The highest BCUT2D eigenvalue weighted by molar-refractivity contribution is 7.89. The lowest BCUT2D eigenvalue weighted by Crippen LogP contribution is -2.29. The van der Waals surface area contributed by atoms with Gasteiger partial charge in [0.1, 0.15) is 16.5 Å². The van der Waals surface area contributed by atoms with Crippen LogP contribution in [0.15, 0.2) is 35.5 Å². The molecule has 0 aliphatic carbocycles. The number of benzene rings is 1. The van der Waals surface area contributed by atoms with E-state index in [-0.39, 0.29) is 23.2 Å². The van der Waals surface area contributed by atoms with Gasteiger partial charge in [0, 0.05) is 19.3 Å². The van der Waals surface area contributed by atoms with Gasteiger partial charge in [0.05, 0.1) is 19.3 Å². The van der Waals surface area contributed by atoms with Crippen LogP contribution in [0.1, 0.15) is 12.5 Å². The Balaban J connectivity index is 1.90. The monoisotopic (exact) mass is 326 g/mol. The molecule has 9 heteroatoms. The van der Waals surface area contributed by atoms with E-state index in [1.165, 1.54) is 23.5 Å². The van der Waals surface area contributed by atoms with E-state index in [1.54, 1.807) is 17.1 Å². The molecule has 1 aromatic carbocycles. The van der Waals surface area contributed by atoms with Crippen molar-refractivity contribution in [3.05, 3.63) is 36.4 Å². The van der Waals surface area contributed by atoms with Crippen LogP contribution in [0.4, 0.5) is 4.39 Å². The third kappa shape index (κ3) is 2.57. The molecule has 1 aliphatic heterocycles. The first-order valence-electron chi connectivity index (χ1n) is 6.72. The van der Waals surface area contributed by atoms with Gasteiger partial charge in [-0.3, -0.25) is 0 Å². The average molecular weight is 326 g/mol. The van der Waals surface area contributed by atoms with E-state index in [4.69, 9.17) is 4.74 Å². The molecule has 1 atom stereocenters. The first kappa shape index (κ1) is 14.9. The lowest BCUT2D eigenvalue weighted by molar-refractivity contribution is 0.393. The summed E-state index contributed by atoms with van der Waals surface area (Å²) in [6.07, 6.45) is 3.87. The van der Waals surface area contributed by atoms with E-state index in [9.17, 15) is 12.8 Å². The molecule has 2 aromatic rings. The molecule has 0 saturated carbocycles. The molecule has 2 heterocycles. The fourth-order valence-corrected chi connectivity index (χ4v) is 4.21. The predicted molar refractivity (Wildman–Crippen MR) is 75.4 cm³/mol. The molecule has 0 N–H and O–H groups in total. The van der Waals surface area contributed by atoms with E-state index in [2.05, 4.69) is 10.3 Å². The van der Waals surface area contributed by atoms with Crippen molar-refractivity contribution in [2.24, 2.45) is 0 Å². The van der Waals surface area contributed by atoms with Crippen molar-refractivity contribution in [1.29, 1.82) is 0 Å². The molecule has 1 fully saturated rings. The van der Waals surface area contributed by atoms with Crippen molar-refractivity contribution in [3.8, 4) is 5.75 Å². The Bertz CT molecular complexity index is 764. The number of hydrogen-bond acceptors (Lipinski definition) is 5. The molecule has 1 aromatic heterocycles. The number of halogens is 1. The summed E-state index contributed by atoms with van der Waals surface area (Å²) in [6, 6.07) is 3.39. The molecule has 0 spiro atoms. The Kier molecular flexibility index (Phi) is 3.83. The molecular formula is C13H15FN4O3S. The summed E-state index contributed by atoms with van der Waals surface area (Å²) in [7, 11) is -2.47. The third-order valence-corrected chi connectivity index (χ3v) is 5.57. The van der Waals surface area contributed by atoms with Crippen LogP contribution in [0.25, 0.3) is 0 Å². The maximum absolute atomic E-state index is 13.4. The second kappa shape index (κ2) is 5.65. The van der Waals surface area contributed by atoms with Crippen molar-refractivity contribution in [1.82, 2.24) is 19.3 Å². The summed E-state index contributed by atoms with van der Waals surface area (Å²) in [5.41, 5.74) is 0. The standard InChI is InChI=1S/C13H15FN4O3S/c1-21-12-3-2-10(14)8-13(12)22(19,20)17-6-4-11(9-17)18-7-5-15-16-18/h2-3,5,7-8,11H,4,6,9H2,1H3. The summed E-state index contributed by atoms with van der Waals surface area (Å²) < 4.78 is 46.9. The van der Waals surface area contributed by atoms with Gasteiger partial charge in [0.2, 0.25) is 10.0 Å². The molecule has 0 amide bonds. The van der Waals surface area contributed by atoms with Crippen LogP contribution < -0.4 is 4.74 Å². The van der Waals surface area contributed by atoms with Gasteiger partial charge in [-0.25, -0.2) is 17.5 Å². The van der Waals surface area contributed by atoms with Crippen LogP contribution in [0, 0.1) is 5.82 Å². The maximum Gasteiger partial charge on any atom is 0.246 e. The Morgan fingerprint density at radius 3 is 2.91 bits per heavy atom. The molecular weight excluding hydrogens is 311 g/mol. The minimum Gasteiger partial charge on any atom is -0.495 e. The fourth-order valence-electron chi connectivity index (χ4n) is 2.55. The lowest BCUT2D eigenvalue weighted by atomic mass is 10.3. The topological polar surface area (TPSA) is 77.3 Å². The van der Waals surface area contributed by atoms with E-state index in [0.29, 0.717) is 13.0 Å². The van der Waals surface area contributed by atoms with Crippen molar-refractivity contribution in [3.63, 3.8) is 0 Å². The van der Waals surface area contributed by atoms with Crippen molar-refractivity contribution in [2.45, 2.75) is 17.4 Å². The lowest BCUT2D eigenvalue weighted by Gasteiger charge is -2.18. The first-order chi connectivity index (χ1) is 10.5. The van der Waals surface area contributed by atoms with E-state index < -0.39 is 15.8 Å². The van der Waals surface area contributed by atoms with Gasteiger partial charge in [-0.05, 0) is 24.6 Å². The van der Waals surface area contributed by atoms with Crippen LogP contribution in [0.3, 0.4) is 0 Å². The minimum absolute atomic E-state index is 0.0724. The SMILES string of the molecule is COc1ccc(F)cc1S(=O)(=O)N1CCC(n2ccnn2)C1. The highest BCUT2D eigenvalue weighted by Gasteiger charge is 2.35. The normalized spacial score (nSPS) is 19.5. The van der Waals surface area contributed by atoms with Crippen LogP contribution in [-0.4, -0.2) is 47.9 Å². The number of hydrogen-bond donors (Lipinski definition) is 0. The van der Waals surface area contributed by atoms with Crippen LogP contribution >= 0.6 is 0 Å². The van der Waals surface area contributed by atoms with Gasteiger partial charge in [-0.2, -0.15) is 4.31 Å². The fraction of sp³-hybridized carbons (Fsp3) is 0.385. The third-order valence-electron chi connectivity index (χ3n) is 3.68. The second-order valence-electron chi connectivity index (χ2n) is 4.98. The van der Waals surface area contributed by atoms with Crippen LogP contribution in [-0.2, 0) is 10.0 Å². The van der Waals surface area contributed by atoms with Gasteiger partial charge in [-0.1, -0.05) is 5.21 Å². The Morgan fingerprint density at radius 2 is 2.23 bits per heavy atom. The number of aromatic nitrogens is 3. The Labute approximate surface area is 127 Å². The summed E-state index contributed by atoms with van der Waals surface area (Å²) in [5.74, 6) is -0.489. The average Bonchev–Trinajstić information content (AvgIpc) is 3.18. The molecule has 0 bridgehead atoms. The number of rotatable bonds is 4. The predicted octanol–water partition coefficient (Wildman–Crippen LogP) is 1.06. The largest absolute Gasteiger partial charge is 0.495 e. The number of ether oxygens (including phenoxy) is 1.